The van der Waals surface area contributed by atoms with E-state index in [1.54, 1.807) is 19.2 Å². The summed E-state index contributed by atoms with van der Waals surface area (Å²) in [4.78, 5) is 0. The van der Waals surface area contributed by atoms with Gasteiger partial charge in [-0.1, -0.05) is 0 Å². The second kappa shape index (κ2) is 4.06. The highest BCUT2D eigenvalue weighted by Crippen LogP contribution is 2.51. The van der Waals surface area contributed by atoms with Crippen LogP contribution >= 0.6 is 0 Å². The van der Waals surface area contributed by atoms with E-state index in [1.807, 2.05) is 6.92 Å². The third-order valence-electron chi connectivity index (χ3n) is 3.64. The Morgan fingerprint density at radius 1 is 1.50 bits per heavy atom. The molecule has 1 unspecified atom stereocenters. The topological polar surface area (TPSA) is 35.2 Å². The third kappa shape index (κ3) is 2.05. The van der Waals surface area contributed by atoms with E-state index in [-0.39, 0.29) is 17.3 Å². The van der Waals surface area contributed by atoms with E-state index in [2.05, 4.69) is 0 Å². The second-order valence-electron chi connectivity index (χ2n) is 4.78. The quantitative estimate of drug-likeness (QED) is 0.851. The molecule has 1 aromatic rings. The van der Waals surface area contributed by atoms with Crippen LogP contribution in [0, 0.1) is 11.2 Å². The molecule has 3 heteroatoms. The molecule has 0 heterocycles. The SMILES string of the molecule is COc1ccc(F)cc1CC1(C(C)N)CC1. The summed E-state index contributed by atoms with van der Waals surface area (Å²) in [5.41, 5.74) is 7.07. The molecule has 2 N–H and O–H groups in total. The van der Waals surface area contributed by atoms with Gasteiger partial charge in [-0.05, 0) is 55.4 Å². The number of methoxy groups -OCH3 is 1. The fourth-order valence-corrected chi connectivity index (χ4v) is 2.22. The molecule has 1 aliphatic carbocycles. The Hall–Kier alpha value is -1.09. The molecular weight excluding hydrogens is 205 g/mol. The summed E-state index contributed by atoms with van der Waals surface area (Å²) in [6, 6.07) is 4.82. The van der Waals surface area contributed by atoms with Crippen molar-refractivity contribution in [2.75, 3.05) is 7.11 Å². The molecule has 0 aliphatic heterocycles. The zero-order chi connectivity index (χ0) is 11.8. The van der Waals surface area contributed by atoms with Crippen molar-refractivity contribution in [1.82, 2.24) is 0 Å². The Morgan fingerprint density at radius 2 is 2.19 bits per heavy atom. The third-order valence-corrected chi connectivity index (χ3v) is 3.64. The lowest BCUT2D eigenvalue weighted by Gasteiger charge is -2.20. The molecule has 0 spiro atoms. The second-order valence-corrected chi connectivity index (χ2v) is 4.78. The predicted molar refractivity (Wildman–Crippen MR) is 62.0 cm³/mol. The van der Waals surface area contributed by atoms with Gasteiger partial charge in [-0.2, -0.15) is 0 Å². The highest BCUT2D eigenvalue weighted by molar-refractivity contribution is 5.35. The summed E-state index contributed by atoms with van der Waals surface area (Å²) in [7, 11) is 1.61. The molecular formula is C13H18FNO. The van der Waals surface area contributed by atoms with Crippen molar-refractivity contribution in [3.63, 3.8) is 0 Å². The Labute approximate surface area is 95.6 Å². The number of hydrogen-bond donors (Lipinski definition) is 1. The summed E-state index contributed by atoms with van der Waals surface area (Å²) in [5.74, 6) is 0.546. The van der Waals surface area contributed by atoms with Crippen molar-refractivity contribution in [1.29, 1.82) is 0 Å². The lowest BCUT2D eigenvalue weighted by atomic mass is 9.90. The minimum Gasteiger partial charge on any atom is -0.496 e. The molecule has 0 bridgehead atoms. The van der Waals surface area contributed by atoms with Crippen LogP contribution in [0.1, 0.15) is 25.3 Å². The summed E-state index contributed by atoms with van der Waals surface area (Å²) >= 11 is 0. The lowest BCUT2D eigenvalue weighted by Crippen LogP contribution is -2.30. The van der Waals surface area contributed by atoms with E-state index in [4.69, 9.17) is 10.5 Å². The summed E-state index contributed by atoms with van der Waals surface area (Å²) in [6.07, 6.45) is 3.07. The standard InChI is InChI=1S/C13H18FNO/c1-9(15)13(5-6-13)8-10-7-11(14)3-4-12(10)16-2/h3-4,7,9H,5-6,8,15H2,1-2H3. The van der Waals surface area contributed by atoms with Crippen LogP contribution in [0.3, 0.4) is 0 Å². The normalized spacial score (nSPS) is 19.2. The summed E-state index contributed by atoms with van der Waals surface area (Å²) in [6.45, 7) is 2.03. The molecule has 0 aromatic heterocycles. The van der Waals surface area contributed by atoms with Crippen LogP contribution in [0.5, 0.6) is 5.75 Å². The fourth-order valence-electron chi connectivity index (χ4n) is 2.22. The highest BCUT2D eigenvalue weighted by atomic mass is 19.1. The summed E-state index contributed by atoms with van der Waals surface area (Å²) < 4.78 is 18.4. The highest BCUT2D eigenvalue weighted by Gasteiger charge is 2.46. The van der Waals surface area contributed by atoms with Gasteiger partial charge in [0, 0.05) is 6.04 Å². The van der Waals surface area contributed by atoms with Gasteiger partial charge in [-0.15, -0.1) is 0 Å². The average molecular weight is 223 g/mol. The maximum absolute atomic E-state index is 13.2. The largest absolute Gasteiger partial charge is 0.496 e. The van der Waals surface area contributed by atoms with Gasteiger partial charge >= 0.3 is 0 Å². The first-order valence-electron chi connectivity index (χ1n) is 5.65. The van der Waals surface area contributed by atoms with Gasteiger partial charge < -0.3 is 10.5 Å². The minimum absolute atomic E-state index is 0.153. The molecule has 0 radical (unpaired) electrons. The van der Waals surface area contributed by atoms with Crippen molar-refractivity contribution in [3.8, 4) is 5.75 Å². The Balaban J connectivity index is 2.23. The first kappa shape index (κ1) is 11.4. The van der Waals surface area contributed by atoms with Crippen molar-refractivity contribution in [3.05, 3.63) is 29.6 Å². The average Bonchev–Trinajstić information content (AvgIpc) is 2.99. The van der Waals surface area contributed by atoms with E-state index in [0.717, 1.165) is 30.6 Å². The molecule has 1 aromatic carbocycles. The Bertz CT molecular complexity index is 386. The number of benzene rings is 1. The molecule has 1 fully saturated rings. The Morgan fingerprint density at radius 3 is 2.69 bits per heavy atom. The van der Waals surface area contributed by atoms with Gasteiger partial charge in [0.15, 0.2) is 0 Å². The Kier molecular flexibility index (Phi) is 2.89. The maximum Gasteiger partial charge on any atom is 0.123 e. The molecule has 16 heavy (non-hydrogen) atoms. The predicted octanol–water partition coefficient (Wildman–Crippen LogP) is 2.50. The van der Waals surface area contributed by atoms with Crippen LogP contribution in [-0.4, -0.2) is 13.2 Å². The number of ether oxygens (including phenoxy) is 1. The van der Waals surface area contributed by atoms with Gasteiger partial charge in [0.25, 0.3) is 0 Å². The number of rotatable bonds is 4. The first-order valence-corrected chi connectivity index (χ1v) is 5.65. The smallest absolute Gasteiger partial charge is 0.123 e. The van der Waals surface area contributed by atoms with Crippen molar-refractivity contribution < 1.29 is 9.13 Å². The molecule has 1 aliphatic rings. The molecule has 0 saturated heterocycles. The van der Waals surface area contributed by atoms with Crippen LogP contribution < -0.4 is 10.5 Å². The van der Waals surface area contributed by atoms with Gasteiger partial charge in [-0.25, -0.2) is 4.39 Å². The monoisotopic (exact) mass is 223 g/mol. The molecule has 2 nitrogen and oxygen atoms in total. The molecule has 2 rings (SSSR count). The maximum atomic E-state index is 13.2. The number of hydrogen-bond acceptors (Lipinski definition) is 2. The zero-order valence-electron chi connectivity index (χ0n) is 9.79. The molecule has 1 atom stereocenters. The first-order chi connectivity index (χ1) is 7.57. The van der Waals surface area contributed by atoms with E-state index < -0.39 is 0 Å². The fraction of sp³-hybridized carbons (Fsp3) is 0.538. The zero-order valence-corrected chi connectivity index (χ0v) is 9.79. The lowest BCUT2D eigenvalue weighted by molar-refractivity contribution is 0.383. The van der Waals surface area contributed by atoms with E-state index >= 15 is 0 Å². The molecule has 1 saturated carbocycles. The van der Waals surface area contributed by atoms with Gasteiger partial charge in [-0.3, -0.25) is 0 Å². The van der Waals surface area contributed by atoms with E-state index in [1.165, 1.54) is 6.07 Å². The minimum atomic E-state index is -0.212. The van der Waals surface area contributed by atoms with Crippen LogP contribution in [0.15, 0.2) is 18.2 Å². The van der Waals surface area contributed by atoms with E-state index in [0.29, 0.717) is 0 Å². The number of halogens is 1. The van der Waals surface area contributed by atoms with Crippen LogP contribution in [0.2, 0.25) is 0 Å². The van der Waals surface area contributed by atoms with E-state index in [9.17, 15) is 4.39 Å². The van der Waals surface area contributed by atoms with Crippen LogP contribution in [-0.2, 0) is 6.42 Å². The van der Waals surface area contributed by atoms with Crippen LogP contribution in [0.25, 0.3) is 0 Å². The number of nitrogens with two attached hydrogens (primary N) is 1. The van der Waals surface area contributed by atoms with Gasteiger partial charge in [0.05, 0.1) is 7.11 Å². The van der Waals surface area contributed by atoms with Gasteiger partial charge in [0.1, 0.15) is 11.6 Å². The molecule has 0 amide bonds. The molecule has 88 valence electrons. The van der Waals surface area contributed by atoms with Crippen molar-refractivity contribution >= 4 is 0 Å². The van der Waals surface area contributed by atoms with Crippen molar-refractivity contribution in [2.24, 2.45) is 11.1 Å². The van der Waals surface area contributed by atoms with Gasteiger partial charge in [0.2, 0.25) is 0 Å². The van der Waals surface area contributed by atoms with Crippen LogP contribution in [0.4, 0.5) is 4.39 Å². The summed E-state index contributed by atoms with van der Waals surface area (Å²) in [5, 5.41) is 0. The van der Waals surface area contributed by atoms with Crippen molar-refractivity contribution in [2.45, 2.75) is 32.2 Å².